The van der Waals surface area contributed by atoms with Crippen LogP contribution in [0.2, 0.25) is 0 Å². The summed E-state index contributed by atoms with van der Waals surface area (Å²) < 4.78 is 5.13. The van der Waals surface area contributed by atoms with Crippen molar-refractivity contribution in [3.63, 3.8) is 0 Å². The van der Waals surface area contributed by atoms with E-state index in [1.165, 1.54) is 0 Å². The molecule has 1 aromatic carbocycles. The molecule has 1 fully saturated rings. The number of ether oxygens (including phenoxy) is 1. The molecule has 0 N–H and O–H groups in total. The van der Waals surface area contributed by atoms with Gasteiger partial charge in [-0.1, -0.05) is 26.0 Å². The van der Waals surface area contributed by atoms with Crippen LogP contribution >= 0.6 is 0 Å². The smallest absolute Gasteiger partial charge is 0.225 e. The lowest BCUT2D eigenvalue weighted by molar-refractivity contribution is -0.141. The van der Waals surface area contributed by atoms with Crippen LogP contribution in [-0.2, 0) is 16.0 Å². The minimum absolute atomic E-state index is 0.0207. The van der Waals surface area contributed by atoms with Crippen molar-refractivity contribution in [1.82, 2.24) is 9.80 Å². The number of hydrogen-bond donors (Lipinski definition) is 0. The fourth-order valence-corrected chi connectivity index (χ4v) is 2.74. The highest BCUT2D eigenvalue weighted by atomic mass is 16.5. The number of benzene rings is 1. The van der Waals surface area contributed by atoms with Crippen LogP contribution < -0.4 is 4.74 Å². The van der Waals surface area contributed by atoms with Crippen molar-refractivity contribution in [1.29, 1.82) is 0 Å². The minimum Gasteiger partial charge on any atom is -0.497 e. The average Bonchev–Trinajstić information content (AvgIpc) is 2.59. The van der Waals surface area contributed by atoms with E-state index in [1.807, 2.05) is 47.9 Å². The van der Waals surface area contributed by atoms with Gasteiger partial charge in [0.1, 0.15) is 5.75 Å². The average molecular weight is 318 g/mol. The third-order valence-corrected chi connectivity index (χ3v) is 4.22. The number of carbonyl (C=O) groups is 2. The molecule has 0 saturated carbocycles. The second-order valence-corrected chi connectivity index (χ2v) is 6.21. The summed E-state index contributed by atoms with van der Waals surface area (Å²) in [5, 5.41) is 0. The summed E-state index contributed by atoms with van der Waals surface area (Å²) in [7, 11) is 1.64. The molecule has 0 radical (unpaired) electrons. The van der Waals surface area contributed by atoms with E-state index in [0.29, 0.717) is 32.6 Å². The fourth-order valence-electron chi connectivity index (χ4n) is 2.74. The molecule has 0 spiro atoms. The molecular weight excluding hydrogens is 292 g/mol. The zero-order valence-corrected chi connectivity index (χ0v) is 14.2. The summed E-state index contributed by atoms with van der Waals surface area (Å²) in [6, 6.07) is 7.81. The van der Waals surface area contributed by atoms with Crippen molar-refractivity contribution >= 4 is 11.8 Å². The van der Waals surface area contributed by atoms with Crippen LogP contribution in [0.4, 0.5) is 0 Å². The molecule has 0 atom stereocenters. The van der Waals surface area contributed by atoms with Crippen LogP contribution in [0.3, 0.4) is 0 Å². The Bertz CT molecular complexity index is 532. The lowest BCUT2D eigenvalue weighted by Gasteiger charge is -2.35. The summed E-state index contributed by atoms with van der Waals surface area (Å²) in [6.45, 7) is 6.39. The van der Waals surface area contributed by atoms with Crippen LogP contribution in [-0.4, -0.2) is 54.9 Å². The highest BCUT2D eigenvalue weighted by Crippen LogP contribution is 2.14. The zero-order valence-electron chi connectivity index (χ0n) is 14.2. The van der Waals surface area contributed by atoms with Crippen LogP contribution in [0.25, 0.3) is 0 Å². The largest absolute Gasteiger partial charge is 0.497 e. The van der Waals surface area contributed by atoms with Gasteiger partial charge in [0, 0.05) is 38.5 Å². The second kappa shape index (κ2) is 7.99. The van der Waals surface area contributed by atoms with Gasteiger partial charge in [-0.2, -0.15) is 0 Å². The summed E-state index contributed by atoms with van der Waals surface area (Å²) in [4.78, 5) is 28.0. The van der Waals surface area contributed by atoms with E-state index in [2.05, 4.69) is 0 Å². The predicted molar refractivity (Wildman–Crippen MR) is 89.3 cm³/mol. The molecule has 1 saturated heterocycles. The van der Waals surface area contributed by atoms with Gasteiger partial charge in [0.15, 0.2) is 0 Å². The van der Waals surface area contributed by atoms with Crippen LogP contribution in [0.5, 0.6) is 5.75 Å². The third kappa shape index (κ3) is 4.71. The molecule has 2 rings (SSSR count). The van der Waals surface area contributed by atoms with E-state index in [4.69, 9.17) is 4.74 Å². The molecule has 1 heterocycles. The van der Waals surface area contributed by atoms with Gasteiger partial charge < -0.3 is 14.5 Å². The summed E-state index contributed by atoms with van der Waals surface area (Å²) in [6.07, 6.45) is 1.23. The zero-order chi connectivity index (χ0) is 16.8. The number of aryl methyl sites for hydroxylation is 1. The van der Waals surface area contributed by atoms with Gasteiger partial charge in [-0.3, -0.25) is 9.59 Å². The number of amides is 2. The Morgan fingerprint density at radius 1 is 1.04 bits per heavy atom. The summed E-state index contributed by atoms with van der Waals surface area (Å²) >= 11 is 0. The molecule has 0 aliphatic carbocycles. The number of rotatable bonds is 5. The van der Waals surface area contributed by atoms with Crippen molar-refractivity contribution in [2.75, 3.05) is 33.3 Å². The first-order valence-electron chi connectivity index (χ1n) is 8.20. The Morgan fingerprint density at radius 2 is 1.61 bits per heavy atom. The topological polar surface area (TPSA) is 49.9 Å². The van der Waals surface area contributed by atoms with Gasteiger partial charge in [0.05, 0.1) is 7.11 Å². The lowest BCUT2D eigenvalue weighted by atomic mass is 10.1. The molecule has 1 aliphatic rings. The van der Waals surface area contributed by atoms with Crippen LogP contribution in [0.1, 0.15) is 25.8 Å². The Balaban J connectivity index is 1.77. The molecule has 0 unspecified atom stereocenters. The monoisotopic (exact) mass is 318 g/mol. The van der Waals surface area contributed by atoms with E-state index in [1.54, 1.807) is 7.11 Å². The molecule has 5 heteroatoms. The fraction of sp³-hybridized carbons (Fsp3) is 0.556. The molecular formula is C18H26N2O3. The number of methoxy groups -OCH3 is 1. The van der Waals surface area contributed by atoms with E-state index in [9.17, 15) is 9.59 Å². The molecule has 2 amide bonds. The van der Waals surface area contributed by atoms with E-state index in [-0.39, 0.29) is 17.7 Å². The predicted octanol–water partition coefficient (Wildman–Crippen LogP) is 1.95. The first-order valence-corrected chi connectivity index (χ1v) is 8.20. The van der Waals surface area contributed by atoms with Crippen LogP contribution in [0.15, 0.2) is 24.3 Å². The molecule has 0 aromatic heterocycles. The lowest BCUT2D eigenvalue weighted by Crippen LogP contribution is -2.51. The highest BCUT2D eigenvalue weighted by Gasteiger charge is 2.24. The summed E-state index contributed by atoms with van der Waals surface area (Å²) in [5.74, 6) is 1.19. The van der Waals surface area contributed by atoms with Crippen molar-refractivity contribution in [3.05, 3.63) is 29.8 Å². The number of carbonyl (C=O) groups excluding carboxylic acids is 2. The van der Waals surface area contributed by atoms with Gasteiger partial charge in [-0.25, -0.2) is 0 Å². The van der Waals surface area contributed by atoms with Crippen molar-refractivity contribution in [3.8, 4) is 5.75 Å². The quantitative estimate of drug-likeness (QED) is 0.834. The molecule has 5 nitrogen and oxygen atoms in total. The number of nitrogens with zero attached hydrogens (tertiary/aromatic N) is 2. The van der Waals surface area contributed by atoms with Crippen molar-refractivity contribution < 1.29 is 14.3 Å². The number of hydrogen-bond acceptors (Lipinski definition) is 3. The van der Waals surface area contributed by atoms with E-state index in [0.717, 1.165) is 17.7 Å². The molecule has 0 bridgehead atoms. The molecule has 1 aromatic rings. The van der Waals surface area contributed by atoms with Crippen molar-refractivity contribution in [2.45, 2.75) is 26.7 Å². The maximum atomic E-state index is 12.3. The van der Waals surface area contributed by atoms with E-state index >= 15 is 0 Å². The Morgan fingerprint density at radius 3 is 2.13 bits per heavy atom. The maximum absolute atomic E-state index is 12.3. The first kappa shape index (κ1) is 17.3. The Hall–Kier alpha value is -2.04. The maximum Gasteiger partial charge on any atom is 0.225 e. The summed E-state index contributed by atoms with van der Waals surface area (Å²) in [5.41, 5.74) is 1.13. The first-order chi connectivity index (χ1) is 11.0. The standard InChI is InChI=1S/C18H26N2O3/c1-14(2)18(22)20-12-10-19(11-13-20)17(21)9-6-15-4-7-16(23-3)8-5-15/h4-5,7-8,14H,6,9-13H2,1-3H3. The van der Waals surface area contributed by atoms with Gasteiger partial charge in [0.2, 0.25) is 11.8 Å². The minimum atomic E-state index is 0.0207. The van der Waals surface area contributed by atoms with Gasteiger partial charge in [-0.15, -0.1) is 0 Å². The van der Waals surface area contributed by atoms with Crippen LogP contribution in [0, 0.1) is 5.92 Å². The Kier molecular flexibility index (Phi) is 6.02. The normalized spacial score (nSPS) is 15.0. The highest BCUT2D eigenvalue weighted by molar-refractivity contribution is 5.79. The van der Waals surface area contributed by atoms with E-state index < -0.39 is 0 Å². The molecule has 1 aliphatic heterocycles. The van der Waals surface area contributed by atoms with Gasteiger partial charge in [-0.05, 0) is 24.1 Å². The second-order valence-electron chi connectivity index (χ2n) is 6.21. The van der Waals surface area contributed by atoms with Gasteiger partial charge in [0.25, 0.3) is 0 Å². The Labute approximate surface area is 138 Å². The number of piperazine rings is 1. The third-order valence-electron chi connectivity index (χ3n) is 4.22. The van der Waals surface area contributed by atoms with Crippen molar-refractivity contribution in [2.24, 2.45) is 5.92 Å². The molecule has 126 valence electrons. The molecule has 23 heavy (non-hydrogen) atoms. The van der Waals surface area contributed by atoms with Gasteiger partial charge >= 0.3 is 0 Å². The SMILES string of the molecule is COc1ccc(CCC(=O)N2CCN(C(=O)C(C)C)CC2)cc1.